The lowest BCUT2D eigenvalue weighted by Gasteiger charge is -2.13. The highest BCUT2D eigenvalue weighted by molar-refractivity contribution is 7.11. The van der Waals surface area contributed by atoms with E-state index in [0.29, 0.717) is 5.69 Å². The molecular formula is C16H19N3O2S. The summed E-state index contributed by atoms with van der Waals surface area (Å²) in [5.74, 6) is -1.32. The highest BCUT2D eigenvalue weighted by Crippen LogP contribution is 2.24. The number of aryl methyl sites for hydroxylation is 3. The van der Waals surface area contributed by atoms with Crippen molar-refractivity contribution in [2.45, 2.75) is 33.7 Å². The summed E-state index contributed by atoms with van der Waals surface area (Å²) in [4.78, 5) is 29.2. The van der Waals surface area contributed by atoms with Crippen molar-refractivity contribution in [1.29, 1.82) is 0 Å². The number of anilines is 1. The average molecular weight is 317 g/mol. The molecule has 0 saturated carbocycles. The third kappa shape index (κ3) is 3.92. The van der Waals surface area contributed by atoms with Gasteiger partial charge >= 0.3 is 11.8 Å². The highest BCUT2D eigenvalue weighted by Gasteiger charge is 2.20. The van der Waals surface area contributed by atoms with Crippen LogP contribution in [0.2, 0.25) is 0 Å². The summed E-state index contributed by atoms with van der Waals surface area (Å²) in [5, 5.41) is 6.24. The number of nitrogens with zero attached hydrogens (tertiary/aromatic N) is 1. The number of rotatable bonds is 3. The van der Waals surface area contributed by atoms with E-state index in [1.807, 2.05) is 45.9 Å². The molecule has 1 heterocycles. The smallest absolute Gasteiger partial charge is 0.313 e. The van der Waals surface area contributed by atoms with Gasteiger partial charge in [0.15, 0.2) is 0 Å². The van der Waals surface area contributed by atoms with Crippen molar-refractivity contribution >= 4 is 28.8 Å². The lowest BCUT2D eigenvalue weighted by Crippen LogP contribution is -2.36. The fourth-order valence-corrected chi connectivity index (χ4v) is 3.12. The first-order valence-corrected chi connectivity index (χ1v) is 7.81. The maximum atomic E-state index is 12.0. The quantitative estimate of drug-likeness (QED) is 0.855. The second-order valence-electron chi connectivity index (χ2n) is 5.20. The van der Waals surface area contributed by atoms with Gasteiger partial charge in [0.05, 0.1) is 16.7 Å². The van der Waals surface area contributed by atoms with E-state index < -0.39 is 11.8 Å². The second kappa shape index (κ2) is 6.70. The van der Waals surface area contributed by atoms with Gasteiger partial charge < -0.3 is 10.6 Å². The number of carbonyl (C=O) groups excluding carboxylic acids is 2. The standard InChI is InChI=1S/C16H19N3O2S/c1-9-6-5-7-13(8-9)19-16(21)15(20)18-11(3)14-10(2)17-12(4)22-14/h5-8,11H,1-4H3,(H,18,20)(H,19,21)/t11-/m1/s1. The van der Waals surface area contributed by atoms with Crippen molar-refractivity contribution in [2.75, 3.05) is 5.32 Å². The van der Waals surface area contributed by atoms with Gasteiger partial charge in [-0.1, -0.05) is 12.1 Å². The number of aromatic nitrogens is 1. The zero-order valence-electron chi connectivity index (χ0n) is 13.1. The van der Waals surface area contributed by atoms with Gasteiger partial charge in [0, 0.05) is 10.6 Å². The average Bonchev–Trinajstić information content (AvgIpc) is 2.77. The summed E-state index contributed by atoms with van der Waals surface area (Å²) in [7, 11) is 0. The van der Waals surface area contributed by atoms with Crippen LogP contribution in [-0.4, -0.2) is 16.8 Å². The molecule has 0 unspecified atom stereocenters. The summed E-state index contributed by atoms with van der Waals surface area (Å²) in [6, 6.07) is 7.06. The molecule has 22 heavy (non-hydrogen) atoms. The number of hydrogen-bond acceptors (Lipinski definition) is 4. The molecule has 0 saturated heterocycles. The topological polar surface area (TPSA) is 71.1 Å². The van der Waals surface area contributed by atoms with Crippen LogP contribution in [0.15, 0.2) is 24.3 Å². The predicted octanol–water partition coefficient (Wildman–Crippen LogP) is 2.88. The molecule has 2 amide bonds. The molecule has 0 aliphatic heterocycles. The van der Waals surface area contributed by atoms with Crippen molar-refractivity contribution in [3.63, 3.8) is 0 Å². The first-order valence-electron chi connectivity index (χ1n) is 6.99. The number of hydrogen-bond donors (Lipinski definition) is 2. The van der Waals surface area contributed by atoms with Gasteiger partial charge in [-0.15, -0.1) is 11.3 Å². The molecule has 2 N–H and O–H groups in total. The molecule has 116 valence electrons. The van der Waals surface area contributed by atoms with Crippen LogP contribution < -0.4 is 10.6 Å². The van der Waals surface area contributed by atoms with Crippen molar-refractivity contribution in [3.05, 3.63) is 45.4 Å². The number of benzene rings is 1. The lowest BCUT2D eigenvalue weighted by atomic mass is 10.2. The van der Waals surface area contributed by atoms with Crippen molar-refractivity contribution in [2.24, 2.45) is 0 Å². The maximum Gasteiger partial charge on any atom is 0.313 e. The van der Waals surface area contributed by atoms with Gasteiger partial charge in [-0.3, -0.25) is 9.59 Å². The zero-order chi connectivity index (χ0) is 16.3. The summed E-state index contributed by atoms with van der Waals surface area (Å²) >= 11 is 1.52. The number of carbonyl (C=O) groups is 2. The van der Waals surface area contributed by atoms with Gasteiger partial charge in [-0.25, -0.2) is 4.98 Å². The zero-order valence-corrected chi connectivity index (χ0v) is 13.9. The number of amides is 2. The van der Waals surface area contributed by atoms with E-state index in [1.54, 1.807) is 6.07 Å². The van der Waals surface area contributed by atoms with E-state index in [4.69, 9.17) is 0 Å². The van der Waals surface area contributed by atoms with Gasteiger partial charge in [0.2, 0.25) is 0 Å². The minimum atomic E-state index is -0.670. The molecular weight excluding hydrogens is 298 g/mol. The number of nitrogens with one attached hydrogen (secondary N) is 2. The molecule has 0 fully saturated rings. The summed E-state index contributed by atoms with van der Waals surface area (Å²) in [5.41, 5.74) is 2.51. The predicted molar refractivity (Wildman–Crippen MR) is 88.0 cm³/mol. The fourth-order valence-electron chi connectivity index (χ4n) is 2.19. The van der Waals surface area contributed by atoms with Crippen LogP contribution in [0.5, 0.6) is 0 Å². The highest BCUT2D eigenvalue weighted by atomic mass is 32.1. The summed E-state index contributed by atoms with van der Waals surface area (Å²) < 4.78 is 0. The van der Waals surface area contributed by atoms with Gasteiger partial charge in [-0.2, -0.15) is 0 Å². The van der Waals surface area contributed by atoms with Crippen molar-refractivity contribution < 1.29 is 9.59 Å². The second-order valence-corrected chi connectivity index (χ2v) is 6.44. The Kier molecular flexibility index (Phi) is 4.92. The number of thiazole rings is 1. The Morgan fingerprint density at radius 1 is 1.18 bits per heavy atom. The molecule has 0 bridgehead atoms. The van der Waals surface area contributed by atoms with Crippen LogP contribution in [0, 0.1) is 20.8 Å². The Bertz CT molecular complexity index is 709. The largest absolute Gasteiger partial charge is 0.340 e. The molecule has 2 aromatic rings. The molecule has 0 aliphatic carbocycles. The van der Waals surface area contributed by atoms with Gasteiger partial charge in [0.1, 0.15) is 0 Å². The van der Waals surface area contributed by atoms with E-state index >= 15 is 0 Å². The fraction of sp³-hybridized carbons (Fsp3) is 0.312. The lowest BCUT2D eigenvalue weighted by molar-refractivity contribution is -0.136. The molecule has 2 rings (SSSR count). The first kappa shape index (κ1) is 16.2. The minimum absolute atomic E-state index is 0.248. The van der Waals surface area contributed by atoms with Gasteiger partial charge in [0.25, 0.3) is 0 Å². The third-order valence-electron chi connectivity index (χ3n) is 3.16. The van der Waals surface area contributed by atoms with Crippen molar-refractivity contribution in [1.82, 2.24) is 10.3 Å². The van der Waals surface area contributed by atoms with E-state index in [0.717, 1.165) is 21.1 Å². The van der Waals surface area contributed by atoms with Crippen LogP contribution in [-0.2, 0) is 9.59 Å². The van der Waals surface area contributed by atoms with E-state index in [1.165, 1.54) is 11.3 Å². The molecule has 1 aromatic carbocycles. The Labute approximate surface area is 133 Å². The minimum Gasteiger partial charge on any atom is -0.340 e. The molecule has 0 radical (unpaired) electrons. The Morgan fingerprint density at radius 3 is 2.50 bits per heavy atom. The normalized spacial score (nSPS) is 11.8. The third-order valence-corrected chi connectivity index (χ3v) is 4.42. The Morgan fingerprint density at radius 2 is 1.91 bits per heavy atom. The van der Waals surface area contributed by atoms with Crippen molar-refractivity contribution in [3.8, 4) is 0 Å². The molecule has 6 heteroatoms. The van der Waals surface area contributed by atoms with Crippen LogP contribution in [0.25, 0.3) is 0 Å². The van der Waals surface area contributed by atoms with Crippen LogP contribution in [0.3, 0.4) is 0 Å². The summed E-state index contributed by atoms with van der Waals surface area (Å²) in [6.45, 7) is 7.58. The summed E-state index contributed by atoms with van der Waals surface area (Å²) in [6.07, 6.45) is 0. The van der Waals surface area contributed by atoms with Crippen LogP contribution in [0.4, 0.5) is 5.69 Å². The maximum absolute atomic E-state index is 12.0. The molecule has 0 spiro atoms. The van der Waals surface area contributed by atoms with E-state index in [-0.39, 0.29) is 6.04 Å². The first-order chi connectivity index (χ1) is 10.4. The molecule has 1 atom stereocenters. The Balaban J connectivity index is 1.99. The monoisotopic (exact) mass is 317 g/mol. The Hall–Kier alpha value is -2.21. The van der Waals surface area contributed by atoms with Crippen LogP contribution in [0.1, 0.15) is 34.1 Å². The van der Waals surface area contributed by atoms with Gasteiger partial charge in [-0.05, 0) is 45.4 Å². The molecule has 1 aromatic heterocycles. The van der Waals surface area contributed by atoms with Crippen LogP contribution >= 0.6 is 11.3 Å². The SMILES string of the molecule is Cc1cccc(NC(=O)C(=O)N[C@H](C)c2sc(C)nc2C)c1. The van der Waals surface area contributed by atoms with E-state index in [9.17, 15) is 9.59 Å². The molecule has 5 nitrogen and oxygen atoms in total. The van der Waals surface area contributed by atoms with E-state index in [2.05, 4.69) is 15.6 Å². The molecule has 0 aliphatic rings.